The average molecular weight is 351 g/mol. The Morgan fingerprint density at radius 2 is 1.50 bits per heavy atom. The highest BCUT2D eigenvalue weighted by Gasteiger charge is 2.21. The van der Waals surface area contributed by atoms with Crippen molar-refractivity contribution in [3.05, 3.63) is 41.2 Å². The summed E-state index contributed by atoms with van der Waals surface area (Å²) in [5, 5.41) is 8.58. The van der Waals surface area contributed by atoms with Crippen molar-refractivity contribution in [2.75, 3.05) is 6.54 Å². The summed E-state index contributed by atoms with van der Waals surface area (Å²) in [5.41, 5.74) is 10.5. The fourth-order valence-electron chi connectivity index (χ4n) is 2.43. The van der Waals surface area contributed by atoms with Gasteiger partial charge in [0.2, 0.25) is 0 Å². The van der Waals surface area contributed by atoms with Crippen molar-refractivity contribution >= 4 is 12.4 Å². The van der Waals surface area contributed by atoms with Crippen LogP contribution in [-0.2, 0) is 17.3 Å². The SMILES string of the molecule is CC(C)(C)c1cc(-n2cc(CCCN)nn2)cc(C(C)(C)C)c1.Cl. The number of rotatable bonds is 4. The second-order valence-corrected chi connectivity index (χ2v) is 8.32. The normalized spacial score (nSPS) is 12.1. The molecule has 0 aliphatic rings. The van der Waals surface area contributed by atoms with Crippen molar-refractivity contribution in [2.24, 2.45) is 5.73 Å². The average Bonchev–Trinajstić information content (AvgIpc) is 2.91. The standard InChI is InChI=1S/C19H30N4.ClH/c1-18(2,3)14-10-15(19(4,5)6)12-17(11-14)23-13-16(21-22-23)8-7-9-20;/h10-13H,7-9,20H2,1-6H3;1H. The van der Waals surface area contributed by atoms with E-state index in [2.05, 4.69) is 70.1 Å². The van der Waals surface area contributed by atoms with Crippen LogP contribution in [0.3, 0.4) is 0 Å². The molecule has 0 unspecified atom stereocenters. The molecule has 0 radical (unpaired) electrons. The number of hydrogen-bond acceptors (Lipinski definition) is 3. The molecule has 0 saturated carbocycles. The molecule has 0 amide bonds. The van der Waals surface area contributed by atoms with E-state index in [-0.39, 0.29) is 23.2 Å². The number of nitrogens with two attached hydrogens (primary N) is 1. The van der Waals surface area contributed by atoms with Gasteiger partial charge in [0, 0.05) is 0 Å². The third-order valence-corrected chi connectivity index (χ3v) is 4.09. The molecule has 1 aromatic carbocycles. The van der Waals surface area contributed by atoms with Gasteiger partial charge in [-0.15, -0.1) is 17.5 Å². The lowest BCUT2D eigenvalue weighted by Crippen LogP contribution is -2.17. The highest BCUT2D eigenvalue weighted by molar-refractivity contribution is 5.85. The molecule has 1 aromatic heterocycles. The Labute approximate surface area is 152 Å². The molecule has 4 nitrogen and oxygen atoms in total. The summed E-state index contributed by atoms with van der Waals surface area (Å²) in [5.74, 6) is 0. The van der Waals surface area contributed by atoms with Gasteiger partial charge in [-0.05, 0) is 53.5 Å². The van der Waals surface area contributed by atoms with Gasteiger partial charge in [0.1, 0.15) is 0 Å². The summed E-state index contributed by atoms with van der Waals surface area (Å²) >= 11 is 0. The quantitative estimate of drug-likeness (QED) is 0.900. The van der Waals surface area contributed by atoms with Crippen LogP contribution in [0, 0.1) is 0 Å². The molecule has 134 valence electrons. The lowest BCUT2D eigenvalue weighted by Gasteiger charge is -2.26. The molecule has 0 saturated heterocycles. The zero-order valence-electron chi connectivity index (χ0n) is 15.8. The molecule has 0 aliphatic carbocycles. The topological polar surface area (TPSA) is 56.7 Å². The largest absolute Gasteiger partial charge is 0.330 e. The van der Waals surface area contributed by atoms with Crippen LogP contribution in [0.4, 0.5) is 0 Å². The maximum Gasteiger partial charge on any atom is 0.0832 e. The predicted octanol–water partition coefficient (Wildman–Crippen LogP) is 4.18. The van der Waals surface area contributed by atoms with E-state index in [0.29, 0.717) is 6.54 Å². The van der Waals surface area contributed by atoms with E-state index in [1.54, 1.807) is 0 Å². The zero-order valence-corrected chi connectivity index (χ0v) is 16.6. The van der Waals surface area contributed by atoms with Crippen LogP contribution in [0.25, 0.3) is 5.69 Å². The van der Waals surface area contributed by atoms with Crippen LogP contribution in [0.2, 0.25) is 0 Å². The van der Waals surface area contributed by atoms with Crippen LogP contribution in [-0.4, -0.2) is 21.5 Å². The second-order valence-electron chi connectivity index (χ2n) is 8.32. The Bertz CT molecular complexity index is 630. The fourth-order valence-corrected chi connectivity index (χ4v) is 2.43. The Morgan fingerprint density at radius 3 is 1.96 bits per heavy atom. The van der Waals surface area contributed by atoms with Gasteiger partial charge >= 0.3 is 0 Å². The first kappa shape index (κ1) is 20.7. The molecule has 0 aliphatic heterocycles. The molecular weight excluding hydrogens is 320 g/mol. The first-order chi connectivity index (χ1) is 10.6. The third kappa shape index (κ3) is 5.05. The minimum absolute atomic E-state index is 0. The molecule has 0 bridgehead atoms. The van der Waals surface area contributed by atoms with Crippen molar-refractivity contribution in [3.8, 4) is 5.69 Å². The number of benzene rings is 1. The highest BCUT2D eigenvalue weighted by Crippen LogP contribution is 2.31. The van der Waals surface area contributed by atoms with Crippen LogP contribution >= 0.6 is 12.4 Å². The zero-order chi connectivity index (χ0) is 17.3. The van der Waals surface area contributed by atoms with Gasteiger partial charge in [-0.1, -0.05) is 52.8 Å². The number of aromatic nitrogens is 3. The fraction of sp³-hybridized carbons (Fsp3) is 0.579. The summed E-state index contributed by atoms with van der Waals surface area (Å²) < 4.78 is 1.89. The van der Waals surface area contributed by atoms with Gasteiger partial charge in [-0.25, -0.2) is 4.68 Å². The lowest BCUT2D eigenvalue weighted by atomic mass is 9.80. The van der Waals surface area contributed by atoms with Gasteiger partial charge in [0.15, 0.2) is 0 Å². The number of halogens is 1. The van der Waals surface area contributed by atoms with Crippen molar-refractivity contribution < 1.29 is 0 Å². The Balaban J connectivity index is 0.00000288. The Kier molecular flexibility index (Phi) is 6.59. The Hall–Kier alpha value is -1.39. The van der Waals surface area contributed by atoms with Crippen LogP contribution < -0.4 is 5.73 Å². The van der Waals surface area contributed by atoms with Crippen molar-refractivity contribution in [2.45, 2.75) is 65.2 Å². The van der Waals surface area contributed by atoms with E-state index in [1.165, 1.54) is 11.1 Å². The number of aryl methyl sites for hydroxylation is 1. The second kappa shape index (κ2) is 7.66. The van der Waals surface area contributed by atoms with Crippen molar-refractivity contribution in [1.82, 2.24) is 15.0 Å². The first-order valence-corrected chi connectivity index (χ1v) is 8.39. The minimum Gasteiger partial charge on any atom is -0.330 e. The van der Waals surface area contributed by atoms with E-state index < -0.39 is 0 Å². The Morgan fingerprint density at radius 1 is 0.958 bits per heavy atom. The van der Waals surface area contributed by atoms with Crippen molar-refractivity contribution in [3.63, 3.8) is 0 Å². The van der Waals surface area contributed by atoms with Gasteiger partial charge in [0.05, 0.1) is 17.6 Å². The van der Waals surface area contributed by atoms with E-state index in [1.807, 2.05) is 10.9 Å². The monoisotopic (exact) mass is 350 g/mol. The summed E-state index contributed by atoms with van der Waals surface area (Å²) in [4.78, 5) is 0. The lowest BCUT2D eigenvalue weighted by molar-refractivity contribution is 0.566. The van der Waals surface area contributed by atoms with Crippen molar-refractivity contribution in [1.29, 1.82) is 0 Å². The van der Waals surface area contributed by atoms with Gasteiger partial charge in [-0.3, -0.25) is 0 Å². The third-order valence-electron chi connectivity index (χ3n) is 4.09. The predicted molar refractivity (Wildman–Crippen MR) is 103 cm³/mol. The summed E-state index contributed by atoms with van der Waals surface area (Å²) in [7, 11) is 0. The molecule has 2 rings (SSSR count). The summed E-state index contributed by atoms with van der Waals surface area (Å²) in [6, 6.07) is 6.75. The molecule has 5 heteroatoms. The smallest absolute Gasteiger partial charge is 0.0832 e. The molecule has 2 aromatic rings. The molecular formula is C19H31ClN4. The van der Waals surface area contributed by atoms with E-state index in [4.69, 9.17) is 5.73 Å². The van der Waals surface area contributed by atoms with Crippen LogP contribution in [0.5, 0.6) is 0 Å². The van der Waals surface area contributed by atoms with Crippen LogP contribution in [0.1, 0.15) is 64.8 Å². The van der Waals surface area contributed by atoms with Gasteiger partial charge in [-0.2, -0.15) is 0 Å². The summed E-state index contributed by atoms with van der Waals surface area (Å²) in [6.07, 6.45) is 3.83. The van der Waals surface area contributed by atoms with E-state index in [0.717, 1.165) is 24.2 Å². The molecule has 2 N–H and O–H groups in total. The van der Waals surface area contributed by atoms with Gasteiger partial charge < -0.3 is 5.73 Å². The number of hydrogen-bond donors (Lipinski definition) is 1. The maximum absolute atomic E-state index is 5.57. The summed E-state index contributed by atoms with van der Waals surface area (Å²) in [6.45, 7) is 14.1. The van der Waals surface area contributed by atoms with E-state index >= 15 is 0 Å². The molecule has 0 fully saturated rings. The molecule has 24 heavy (non-hydrogen) atoms. The molecule has 0 atom stereocenters. The minimum atomic E-state index is 0. The highest BCUT2D eigenvalue weighted by atomic mass is 35.5. The van der Waals surface area contributed by atoms with Gasteiger partial charge in [0.25, 0.3) is 0 Å². The van der Waals surface area contributed by atoms with Crippen LogP contribution in [0.15, 0.2) is 24.4 Å². The molecule has 1 heterocycles. The molecule has 0 spiro atoms. The maximum atomic E-state index is 5.57. The first-order valence-electron chi connectivity index (χ1n) is 8.39. The number of nitrogens with zero attached hydrogens (tertiary/aromatic N) is 3. The van der Waals surface area contributed by atoms with E-state index in [9.17, 15) is 0 Å².